The third-order valence-electron chi connectivity index (χ3n) is 2.63. The number of hydrogen-bond donors (Lipinski definition) is 1. The lowest BCUT2D eigenvalue weighted by Crippen LogP contribution is -1.95. The molecule has 1 nitrogen and oxygen atoms in total. The van der Waals surface area contributed by atoms with E-state index in [4.69, 9.17) is 40.5 Å². The predicted molar refractivity (Wildman–Crippen MR) is 76.0 cm³/mol. The second-order valence-electron chi connectivity index (χ2n) is 3.93. The van der Waals surface area contributed by atoms with Gasteiger partial charge < -0.3 is 5.73 Å². The minimum Gasteiger partial charge on any atom is -0.398 e. The number of hydrogen-bond acceptors (Lipinski definition) is 1. The number of benzene rings is 2. The van der Waals surface area contributed by atoms with Gasteiger partial charge in [-0.15, -0.1) is 0 Å². The Hall–Kier alpha value is -0.960. The molecule has 0 amide bonds. The van der Waals surface area contributed by atoms with Gasteiger partial charge >= 0.3 is 0 Å². The molecule has 0 atom stereocenters. The molecule has 0 aliphatic carbocycles. The molecule has 0 heterocycles. The van der Waals surface area contributed by atoms with Crippen molar-refractivity contribution in [2.75, 3.05) is 5.73 Å². The van der Waals surface area contributed by atoms with Gasteiger partial charge in [0.2, 0.25) is 0 Å². The summed E-state index contributed by atoms with van der Waals surface area (Å²) in [6.45, 7) is 1.73. The normalized spacial score (nSPS) is 10.7. The average Bonchev–Trinajstić information content (AvgIpc) is 2.24. The third kappa shape index (κ3) is 2.41. The monoisotopic (exact) mass is 303 g/mol. The van der Waals surface area contributed by atoms with Gasteiger partial charge in [-0.2, -0.15) is 0 Å². The Morgan fingerprint density at radius 3 is 2.11 bits per heavy atom. The van der Waals surface area contributed by atoms with Crippen molar-refractivity contribution in [1.82, 2.24) is 0 Å². The van der Waals surface area contributed by atoms with E-state index in [9.17, 15) is 4.39 Å². The van der Waals surface area contributed by atoms with Gasteiger partial charge in [0.05, 0.1) is 10.0 Å². The zero-order chi connectivity index (χ0) is 13.4. The van der Waals surface area contributed by atoms with E-state index in [1.165, 1.54) is 24.3 Å². The highest BCUT2D eigenvalue weighted by molar-refractivity contribution is 6.41. The highest BCUT2D eigenvalue weighted by Crippen LogP contribution is 2.39. The molecule has 0 aliphatic heterocycles. The fourth-order valence-electron chi connectivity index (χ4n) is 1.68. The van der Waals surface area contributed by atoms with Gasteiger partial charge in [-0.25, -0.2) is 4.39 Å². The van der Waals surface area contributed by atoms with Gasteiger partial charge in [-0.05, 0) is 36.8 Å². The Bertz CT molecular complexity index is 603. The molecule has 94 valence electrons. The lowest BCUT2D eigenvalue weighted by atomic mass is 10.0. The van der Waals surface area contributed by atoms with E-state index >= 15 is 0 Å². The number of nitrogens with two attached hydrogens (primary N) is 1. The number of nitrogen functional groups attached to an aromatic ring is 1. The van der Waals surface area contributed by atoms with Gasteiger partial charge in [-0.3, -0.25) is 0 Å². The van der Waals surface area contributed by atoms with Crippen molar-refractivity contribution in [1.29, 1.82) is 0 Å². The van der Waals surface area contributed by atoms with Gasteiger partial charge in [0.15, 0.2) is 0 Å². The molecule has 0 radical (unpaired) electrons. The molecule has 2 N–H and O–H groups in total. The minimum atomic E-state index is -0.423. The van der Waals surface area contributed by atoms with Crippen LogP contribution in [0.25, 0.3) is 11.1 Å². The fourth-order valence-corrected chi connectivity index (χ4v) is 2.70. The van der Waals surface area contributed by atoms with Crippen LogP contribution >= 0.6 is 34.8 Å². The topological polar surface area (TPSA) is 26.0 Å². The van der Waals surface area contributed by atoms with Crippen molar-refractivity contribution in [3.05, 3.63) is 50.7 Å². The lowest BCUT2D eigenvalue weighted by Gasteiger charge is -2.11. The molecule has 2 rings (SSSR count). The first-order chi connectivity index (χ1) is 8.40. The molecular weight excluding hydrogens is 296 g/mol. The largest absolute Gasteiger partial charge is 0.398 e. The van der Waals surface area contributed by atoms with E-state index in [-0.39, 0.29) is 15.6 Å². The molecule has 0 saturated heterocycles. The summed E-state index contributed by atoms with van der Waals surface area (Å²) in [5, 5.41) is 0.971. The maximum Gasteiger partial charge on any atom is 0.131 e. The highest BCUT2D eigenvalue weighted by Gasteiger charge is 2.15. The summed E-state index contributed by atoms with van der Waals surface area (Å²) < 4.78 is 14.0. The van der Waals surface area contributed by atoms with Crippen LogP contribution in [0.1, 0.15) is 5.56 Å². The summed E-state index contributed by atoms with van der Waals surface area (Å²) in [6, 6.07) is 5.90. The smallest absolute Gasteiger partial charge is 0.131 e. The van der Waals surface area contributed by atoms with Crippen LogP contribution in [0, 0.1) is 12.7 Å². The van der Waals surface area contributed by atoms with Crippen molar-refractivity contribution in [2.45, 2.75) is 6.92 Å². The number of anilines is 1. The molecule has 0 aliphatic rings. The second kappa shape index (κ2) is 4.96. The summed E-state index contributed by atoms with van der Waals surface area (Å²) in [5.74, 6) is -0.423. The van der Waals surface area contributed by atoms with Crippen molar-refractivity contribution < 1.29 is 4.39 Å². The fraction of sp³-hybridized carbons (Fsp3) is 0.0769. The highest BCUT2D eigenvalue weighted by atomic mass is 35.5. The molecule has 5 heteroatoms. The molecule has 2 aromatic carbocycles. The van der Waals surface area contributed by atoms with Gasteiger partial charge in [-0.1, -0.05) is 34.8 Å². The van der Waals surface area contributed by atoms with Crippen LogP contribution in [0.5, 0.6) is 0 Å². The van der Waals surface area contributed by atoms with Crippen molar-refractivity contribution in [3.63, 3.8) is 0 Å². The van der Waals surface area contributed by atoms with E-state index in [1.54, 1.807) is 6.92 Å². The Balaban J connectivity index is 2.73. The Labute approximate surface area is 119 Å². The number of halogens is 4. The van der Waals surface area contributed by atoms with Crippen molar-refractivity contribution in [3.8, 4) is 11.1 Å². The summed E-state index contributed by atoms with van der Waals surface area (Å²) >= 11 is 17.9. The molecule has 0 saturated carbocycles. The molecule has 2 aromatic rings. The first-order valence-electron chi connectivity index (χ1n) is 5.10. The Morgan fingerprint density at radius 1 is 1.00 bits per heavy atom. The maximum absolute atomic E-state index is 14.0. The van der Waals surface area contributed by atoms with Crippen LogP contribution in [-0.4, -0.2) is 0 Å². The van der Waals surface area contributed by atoms with Gasteiger partial charge in [0.25, 0.3) is 0 Å². The number of rotatable bonds is 1. The first-order valence-corrected chi connectivity index (χ1v) is 6.24. The van der Waals surface area contributed by atoms with E-state index < -0.39 is 5.82 Å². The first kappa shape index (κ1) is 13.5. The average molecular weight is 305 g/mol. The second-order valence-corrected chi connectivity index (χ2v) is 5.18. The molecule has 0 bridgehead atoms. The zero-order valence-electron chi connectivity index (χ0n) is 9.40. The zero-order valence-corrected chi connectivity index (χ0v) is 11.7. The molecular formula is C13H9Cl3FN. The van der Waals surface area contributed by atoms with E-state index in [0.717, 1.165) is 0 Å². The molecule has 0 spiro atoms. The quantitative estimate of drug-likeness (QED) is 0.707. The van der Waals surface area contributed by atoms with Crippen LogP contribution in [0.15, 0.2) is 24.3 Å². The molecule has 18 heavy (non-hydrogen) atoms. The van der Waals surface area contributed by atoms with Crippen molar-refractivity contribution in [2.24, 2.45) is 0 Å². The summed E-state index contributed by atoms with van der Waals surface area (Å²) in [5.41, 5.74) is 7.59. The standard InChI is InChI=1S/C13H9Cl3FN/c1-6-2-11(17)8(5-12(6)18)13-9(15)3-7(14)4-10(13)16/h2-5H,18H2,1H3. The van der Waals surface area contributed by atoms with Crippen LogP contribution in [0.3, 0.4) is 0 Å². The summed E-state index contributed by atoms with van der Waals surface area (Å²) in [7, 11) is 0. The SMILES string of the molecule is Cc1cc(F)c(-c2c(Cl)cc(Cl)cc2Cl)cc1N. The Morgan fingerprint density at radius 2 is 1.56 bits per heavy atom. The van der Waals surface area contributed by atoms with Crippen molar-refractivity contribution >= 4 is 40.5 Å². The van der Waals surface area contributed by atoms with Crippen LogP contribution in [-0.2, 0) is 0 Å². The maximum atomic E-state index is 14.0. The van der Waals surface area contributed by atoms with Gasteiger partial charge in [0.1, 0.15) is 5.82 Å². The molecule has 0 unspecified atom stereocenters. The van der Waals surface area contributed by atoms with E-state index in [1.807, 2.05) is 0 Å². The summed E-state index contributed by atoms with van der Waals surface area (Å²) in [6.07, 6.45) is 0. The molecule has 0 fully saturated rings. The third-order valence-corrected chi connectivity index (χ3v) is 3.45. The molecule has 0 aromatic heterocycles. The van der Waals surface area contributed by atoms with E-state index in [0.29, 0.717) is 21.8 Å². The van der Waals surface area contributed by atoms with Crippen LogP contribution in [0.2, 0.25) is 15.1 Å². The van der Waals surface area contributed by atoms with Gasteiger partial charge in [0, 0.05) is 21.8 Å². The lowest BCUT2D eigenvalue weighted by molar-refractivity contribution is 0.630. The minimum absolute atomic E-state index is 0.268. The van der Waals surface area contributed by atoms with Crippen LogP contribution < -0.4 is 5.73 Å². The Kier molecular flexibility index (Phi) is 3.71. The predicted octanol–water partition coefficient (Wildman–Crippen LogP) is 5.34. The van der Waals surface area contributed by atoms with Crippen LogP contribution in [0.4, 0.5) is 10.1 Å². The summed E-state index contributed by atoms with van der Waals surface area (Å²) in [4.78, 5) is 0. The number of aryl methyl sites for hydroxylation is 1. The van der Waals surface area contributed by atoms with E-state index in [2.05, 4.69) is 0 Å².